The van der Waals surface area contributed by atoms with Crippen LogP contribution in [0.2, 0.25) is 0 Å². The van der Waals surface area contributed by atoms with Gasteiger partial charge in [-0.25, -0.2) is 0 Å². The maximum absolute atomic E-state index is 12.4. The smallest absolute Gasteiger partial charge is 0.406 e. The first-order valence-corrected chi connectivity index (χ1v) is 10.5. The molecule has 1 saturated carbocycles. The highest BCUT2D eigenvalue weighted by Crippen LogP contribution is 2.32. The van der Waals surface area contributed by atoms with Gasteiger partial charge in [0.2, 0.25) is 0 Å². The fourth-order valence-electron chi connectivity index (χ4n) is 3.40. The third-order valence-electron chi connectivity index (χ3n) is 5.24. The lowest BCUT2D eigenvalue weighted by Gasteiger charge is -2.31. The van der Waals surface area contributed by atoms with E-state index in [1.54, 1.807) is 24.3 Å². The molecule has 1 heterocycles. The zero-order valence-corrected chi connectivity index (χ0v) is 17.8. The number of nitrogens with one attached hydrogen (secondary N) is 1. The molecule has 0 amide bonds. The predicted octanol–water partition coefficient (Wildman–Crippen LogP) is 5.52. The van der Waals surface area contributed by atoms with Gasteiger partial charge >= 0.3 is 6.36 Å². The summed E-state index contributed by atoms with van der Waals surface area (Å²) in [4.78, 5) is 2.94. The number of thiocarbonyl (C=S) groups is 1. The first-order valence-electron chi connectivity index (χ1n) is 10.1. The molecule has 0 saturated heterocycles. The Bertz CT molecular complexity index is 1100. The number of ether oxygens (including phenoxy) is 1. The Kier molecular flexibility index (Phi) is 6.19. The molecule has 0 spiro atoms. The van der Waals surface area contributed by atoms with Crippen molar-refractivity contribution in [3.63, 3.8) is 0 Å². The van der Waals surface area contributed by atoms with Crippen LogP contribution >= 0.6 is 12.2 Å². The summed E-state index contributed by atoms with van der Waals surface area (Å²) in [6.07, 6.45) is 1.43. The number of nitrogens with zero attached hydrogens (tertiary/aromatic N) is 2. The summed E-state index contributed by atoms with van der Waals surface area (Å²) >= 11 is 5.54. The summed E-state index contributed by atoms with van der Waals surface area (Å²) in [5.41, 5.74) is 3.34. The van der Waals surface area contributed by atoms with Gasteiger partial charge < -0.3 is 15.0 Å². The third kappa shape index (κ3) is 5.68. The Balaban J connectivity index is 1.53. The number of benzene rings is 2. The molecular formula is C24H20F3N3OS. The van der Waals surface area contributed by atoms with Crippen LogP contribution in [0.15, 0.2) is 66.5 Å². The van der Waals surface area contributed by atoms with Crippen LogP contribution in [0.25, 0.3) is 5.57 Å². The van der Waals surface area contributed by atoms with E-state index < -0.39 is 6.36 Å². The van der Waals surface area contributed by atoms with E-state index in [0.717, 1.165) is 40.4 Å². The highest BCUT2D eigenvalue weighted by molar-refractivity contribution is 7.80. The lowest BCUT2D eigenvalue weighted by atomic mass is 10.0. The van der Waals surface area contributed by atoms with Gasteiger partial charge in [0.25, 0.3) is 0 Å². The van der Waals surface area contributed by atoms with Crippen molar-refractivity contribution in [2.45, 2.75) is 25.7 Å². The lowest BCUT2D eigenvalue weighted by molar-refractivity contribution is -0.274. The van der Waals surface area contributed by atoms with Crippen LogP contribution in [0, 0.1) is 17.2 Å². The molecular weight excluding hydrogens is 435 g/mol. The monoisotopic (exact) mass is 455 g/mol. The maximum Gasteiger partial charge on any atom is 0.573 e. The summed E-state index contributed by atoms with van der Waals surface area (Å²) in [6, 6.07) is 15.4. The van der Waals surface area contributed by atoms with Gasteiger partial charge in [-0.15, -0.1) is 13.2 Å². The normalized spacial score (nSPS) is 16.0. The second-order valence-corrected chi connectivity index (χ2v) is 8.15. The quantitative estimate of drug-likeness (QED) is 0.581. The molecule has 1 fully saturated rings. The second-order valence-electron chi connectivity index (χ2n) is 7.71. The highest BCUT2D eigenvalue weighted by atomic mass is 32.1. The zero-order chi connectivity index (χ0) is 22.7. The number of hydrogen-bond donors (Lipinski definition) is 1. The van der Waals surface area contributed by atoms with Crippen LogP contribution in [-0.2, 0) is 6.54 Å². The molecule has 4 rings (SSSR count). The second kappa shape index (κ2) is 9.05. The Morgan fingerprint density at radius 1 is 1.12 bits per heavy atom. The summed E-state index contributed by atoms with van der Waals surface area (Å²) in [5, 5.41) is 12.4. The van der Waals surface area contributed by atoms with E-state index in [1.807, 2.05) is 24.3 Å². The van der Waals surface area contributed by atoms with Crippen LogP contribution in [0.4, 0.5) is 13.2 Å². The van der Waals surface area contributed by atoms with Gasteiger partial charge in [0.15, 0.2) is 0 Å². The summed E-state index contributed by atoms with van der Waals surface area (Å²) < 4.78 is 41.2. The Hall–Kier alpha value is -3.31. The fraction of sp³-hybridized carbons (Fsp3) is 0.250. The molecule has 0 radical (unpaired) electrons. The topological polar surface area (TPSA) is 48.3 Å². The van der Waals surface area contributed by atoms with Crippen molar-refractivity contribution in [2.24, 2.45) is 5.92 Å². The molecule has 2 aliphatic rings. The number of halogens is 3. The highest BCUT2D eigenvalue weighted by Gasteiger charge is 2.31. The van der Waals surface area contributed by atoms with Gasteiger partial charge in [0.05, 0.1) is 16.6 Å². The van der Waals surface area contributed by atoms with Crippen LogP contribution in [-0.4, -0.2) is 22.8 Å². The molecule has 0 unspecified atom stereocenters. The zero-order valence-electron chi connectivity index (χ0n) is 17.0. The van der Waals surface area contributed by atoms with E-state index in [9.17, 15) is 13.2 Å². The van der Waals surface area contributed by atoms with Gasteiger partial charge in [-0.1, -0.05) is 42.6 Å². The first kappa shape index (κ1) is 21.9. The largest absolute Gasteiger partial charge is 0.573 e. The van der Waals surface area contributed by atoms with Crippen molar-refractivity contribution in [3.8, 4) is 11.8 Å². The Morgan fingerprint density at radius 3 is 2.41 bits per heavy atom. The van der Waals surface area contributed by atoms with Gasteiger partial charge in [-0.2, -0.15) is 5.26 Å². The summed E-state index contributed by atoms with van der Waals surface area (Å²) in [6.45, 7) is 1.22. The molecule has 4 nitrogen and oxygen atoms in total. The minimum absolute atomic E-state index is 0.252. The Labute approximate surface area is 189 Å². The van der Waals surface area contributed by atoms with Gasteiger partial charge in [-0.05, 0) is 59.9 Å². The number of allylic oxidation sites excluding steroid dienone is 2. The minimum Gasteiger partial charge on any atom is -0.406 e. The molecule has 0 aromatic heterocycles. The standard InChI is InChI=1S/C24H20F3N3OS/c25-24(26,27)31-21-9-7-18(8-10-21)20-11-12-30(15-17-3-1-16(14-28)2-4-17)22(13-20)29-23(32)19-5-6-19/h1-4,7-11,13,19H,5-6,12,15H2,(H,29,32). The number of nitriles is 1. The molecule has 1 N–H and O–H groups in total. The van der Waals surface area contributed by atoms with Gasteiger partial charge in [-0.3, -0.25) is 0 Å². The van der Waals surface area contributed by atoms with Gasteiger partial charge in [0.1, 0.15) is 11.6 Å². The predicted molar refractivity (Wildman–Crippen MR) is 119 cm³/mol. The molecule has 2 aromatic rings. The molecule has 1 aliphatic carbocycles. The van der Waals surface area contributed by atoms with E-state index in [4.69, 9.17) is 17.5 Å². The molecule has 0 atom stereocenters. The molecule has 2 aromatic carbocycles. The first-order chi connectivity index (χ1) is 15.3. The summed E-state index contributed by atoms with van der Waals surface area (Å²) in [5.74, 6) is 0.993. The summed E-state index contributed by atoms with van der Waals surface area (Å²) in [7, 11) is 0. The van der Waals surface area contributed by atoms with Crippen molar-refractivity contribution >= 4 is 22.8 Å². The van der Waals surface area contributed by atoms with E-state index in [1.165, 1.54) is 12.1 Å². The van der Waals surface area contributed by atoms with E-state index in [2.05, 4.69) is 21.0 Å². The minimum atomic E-state index is -4.72. The van der Waals surface area contributed by atoms with Crippen molar-refractivity contribution < 1.29 is 17.9 Å². The number of rotatable bonds is 6. The SMILES string of the molecule is N#Cc1ccc(CN2CC=C(c3ccc(OC(F)(F)F)cc3)C=C2NC(=S)C2CC2)cc1. The number of alkyl halides is 3. The van der Waals surface area contributed by atoms with Crippen LogP contribution < -0.4 is 10.1 Å². The molecule has 0 bridgehead atoms. The maximum atomic E-state index is 12.4. The van der Waals surface area contributed by atoms with Crippen LogP contribution in [0.1, 0.15) is 29.5 Å². The van der Waals surface area contributed by atoms with E-state index >= 15 is 0 Å². The van der Waals surface area contributed by atoms with E-state index in [-0.39, 0.29) is 5.75 Å². The average molecular weight is 456 g/mol. The van der Waals surface area contributed by atoms with Crippen molar-refractivity contribution in [1.82, 2.24) is 10.2 Å². The molecule has 32 heavy (non-hydrogen) atoms. The van der Waals surface area contributed by atoms with Crippen molar-refractivity contribution in [1.29, 1.82) is 5.26 Å². The molecule has 1 aliphatic heterocycles. The van der Waals surface area contributed by atoms with Gasteiger partial charge in [0, 0.05) is 19.0 Å². The van der Waals surface area contributed by atoms with Crippen LogP contribution in [0.3, 0.4) is 0 Å². The van der Waals surface area contributed by atoms with Crippen LogP contribution in [0.5, 0.6) is 5.75 Å². The fourth-order valence-corrected chi connectivity index (χ4v) is 3.74. The number of hydrogen-bond acceptors (Lipinski definition) is 4. The lowest BCUT2D eigenvalue weighted by Crippen LogP contribution is -2.36. The molecule has 8 heteroatoms. The van der Waals surface area contributed by atoms with E-state index in [0.29, 0.717) is 24.6 Å². The average Bonchev–Trinajstić information content (AvgIpc) is 3.60. The van der Waals surface area contributed by atoms with Crippen molar-refractivity contribution in [2.75, 3.05) is 6.54 Å². The Morgan fingerprint density at radius 2 is 1.81 bits per heavy atom. The third-order valence-corrected chi connectivity index (χ3v) is 5.68. The molecule has 164 valence electrons. The van der Waals surface area contributed by atoms with Crippen molar-refractivity contribution in [3.05, 3.63) is 83.2 Å².